The highest BCUT2D eigenvalue weighted by Crippen LogP contribution is 2.08. The summed E-state index contributed by atoms with van der Waals surface area (Å²) in [4.78, 5) is 11.8. The quantitative estimate of drug-likeness (QED) is 0.504. The number of carboxylic acid groups (broad SMARTS) is 1. The van der Waals surface area contributed by atoms with Gasteiger partial charge in [-0.3, -0.25) is 11.3 Å². The lowest BCUT2D eigenvalue weighted by molar-refractivity contribution is 0.129. The maximum Gasteiger partial charge on any atom is 0.407 e. The average molecular weight is 276 g/mol. The van der Waals surface area contributed by atoms with Gasteiger partial charge >= 0.3 is 6.09 Å². The Labute approximate surface area is 110 Å². The molecule has 1 fully saturated rings. The molecular weight excluding hydrogens is 253 g/mol. The van der Waals surface area contributed by atoms with Crippen molar-refractivity contribution in [2.24, 2.45) is 5.84 Å². The van der Waals surface area contributed by atoms with Gasteiger partial charge < -0.3 is 10.0 Å². The molecule has 0 spiro atoms. The number of nitrogens with two attached hydrogens (primary N) is 1. The monoisotopic (exact) mass is 275 g/mol. The summed E-state index contributed by atoms with van der Waals surface area (Å²) in [5.74, 6) is 5.21. The largest absolute Gasteiger partial charge is 0.465 e. The summed E-state index contributed by atoms with van der Waals surface area (Å²) in [6, 6.07) is 0.283. The zero-order valence-corrected chi connectivity index (χ0v) is 11.4. The fourth-order valence-corrected chi connectivity index (χ4v) is 1.24. The number of hydrogen-bond donors (Lipinski definition) is 3. The van der Waals surface area contributed by atoms with Gasteiger partial charge in [-0.1, -0.05) is 20.3 Å². The van der Waals surface area contributed by atoms with Crippen molar-refractivity contribution < 1.29 is 9.90 Å². The molecule has 0 aromatic rings. The summed E-state index contributed by atoms with van der Waals surface area (Å²) in [5.41, 5.74) is 2.64. The summed E-state index contributed by atoms with van der Waals surface area (Å²) < 4.78 is 0. The predicted octanol–water partition coefficient (Wildman–Crippen LogP) is 1.85. The fourth-order valence-electron chi connectivity index (χ4n) is 1.24. The Kier molecular flexibility index (Phi) is 16.9. The number of carbonyl (C=O) groups is 1. The van der Waals surface area contributed by atoms with E-state index in [0.717, 1.165) is 12.8 Å². The molecule has 1 rings (SSSR count). The van der Waals surface area contributed by atoms with Crippen LogP contribution in [-0.4, -0.2) is 35.2 Å². The third-order valence-corrected chi connectivity index (χ3v) is 2.00. The number of nitrogens with one attached hydrogen (secondary N) is 1. The van der Waals surface area contributed by atoms with E-state index in [0.29, 0.717) is 13.1 Å². The molecule has 0 atom stereocenters. The first-order valence-electron chi connectivity index (χ1n) is 5.09. The van der Waals surface area contributed by atoms with Crippen molar-refractivity contribution in [3.05, 3.63) is 0 Å². The van der Waals surface area contributed by atoms with Crippen LogP contribution < -0.4 is 11.3 Å². The van der Waals surface area contributed by atoms with Crippen molar-refractivity contribution in [2.45, 2.75) is 39.2 Å². The summed E-state index contributed by atoms with van der Waals surface area (Å²) in [5, 5.41) is 8.57. The van der Waals surface area contributed by atoms with Gasteiger partial charge in [-0.25, -0.2) is 4.79 Å². The Bertz CT molecular complexity index is 165. The molecule has 100 valence electrons. The van der Waals surface area contributed by atoms with Crippen LogP contribution in [0.5, 0.6) is 0 Å². The van der Waals surface area contributed by atoms with Crippen LogP contribution in [0.3, 0.4) is 0 Å². The van der Waals surface area contributed by atoms with E-state index in [9.17, 15) is 4.79 Å². The topological polar surface area (TPSA) is 78.6 Å². The number of amides is 1. The summed E-state index contributed by atoms with van der Waals surface area (Å²) in [6.45, 7) is 5.43. The van der Waals surface area contributed by atoms with Gasteiger partial charge in [0.25, 0.3) is 0 Å². The molecule has 4 N–H and O–H groups in total. The number of likely N-dealkylation sites (tertiary alicyclic amines) is 1. The van der Waals surface area contributed by atoms with Crippen molar-refractivity contribution in [3.63, 3.8) is 0 Å². The Morgan fingerprint density at radius 3 is 2.00 bits per heavy atom. The molecule has 7 heteroatoms. The predicted molar refractivity (Wildman–Crippen MR) is 70.4 cm³/mol. The van der Waals surface area contributed by atoms with E-state index in [1.807, 2.05) is 0 Å². The number of hydrogen-bond acceptors (Lipinski definition) is 3. The third-order valence-electron chi connectivity index (χ3n) is 2.00. The van der Waals surface area contributed by atoms with Gasteiger partial charge in [-0.05, 0) is 12.8 Å². The van der Waals surface area contributed by atoms with Crippen molar-refractivity contribution in [2.75, 3.05) is 13.1 Å². The fraction of sp³-hybridized carbons (Fsp3) is 0.889. The molecule has 5 nitrogen and oxygen atoms in total. The third kappa shape index (κ3) is 9.03. The van der Waals surface area contributed by atoms with Crippen LogP contribution in [0.25, 0.3) is 0 Å². The van der Waals surface area contributed by atoms with E-state index in [1.54, 1.807) is 0 Å². The minimum Gasteiger partial charge on any atom is -0.465 e. The second-order valence-electron chi connectivity index (χ2n) is 3.42. The average Bonchev–Trinajstić information content (AvgIpc) is 2.19. The van der Waals surface area contributed by atoms with Gasteiger partial charge in [-0.2, -0.15) is 0 Å². The SMILES string of the molecule is CCC.Cl.Cl.NNC1CCN(C(=O)O)CC1. The van der Waals surface area contributed by atoms with Gasteiger partial charge in [0.15, 0.2) is 0 Å². The van der Waals surface area contributed by atoms with Crippen LogP contribution in [0.4, 0.5) is 4.79 Å². The highest BCUT2D eigenvalue weighted by atomic mass is 35.5. The van der Waals surface area contributed by atoms with Crippen molar-refractivity contribution >= 4 is 30.9 Å². The second kappa shape index (κ2) is 12.8. The molecule has 0 aromatic heterocycles. The molecule has 0 radical (unpaired) electrons. The first-order valence-corrected chi connectivity index (χ1v) is 5.09. The van der Waals surface area contributed by atoms with Crippen molar-refractivity contribution in [1.82, 2.24) is 10.3 Å². The molecular formula is C9H23Cl2N3O2. The zero-order valence-electron chi connectivity index (χ0n) is 9.81. The molecule has 1 heterocycles. The van der Waals surface area contributed by atoms with E-state index in [2.05, 4.69) is 19.3 Å². The maximum atomic E-state index is 10.4. The minimum atomic E-state index is -0.833. The van der Waals surface area contributed by atoms with Gasteiger partial charge in [0.1, 0.15) is 0 Å². The van der Waals surface area contributed by atoms with Crippen LogP contribution in [0.2, 0.25) is 0 Å². The minimum absolute atomic E-state index is 0. The molecule has 0 bridgehead atoms. The Balaban J connectivity index is -0.000000306. The van der Waals surface area contributed by atoms with Gasteiger partial charge in [-0.15, -0.1) is 24.8 Å². The maximum absolute atomic E-state index is 10.4. The first kappa shape index (κ1) is 21.1. The lowest BCUT2D eigenvalue weighted by Gasteiger charge is -2.29. The van der Waals surface area contributed by atoms with Crippen LogP contribution in [0.15, 0.2) is 0 Å². The van der Waals surface area contributed by atoms with Gasteiger partial charge in [0, 0.05) is 19.1 Å². The van der Waals surface area contributed by atoms with Crippen LogP contribution >= 0.6 is 24.8 Å². The summed E-state index contributed by atoms with van der Waals surface area (Å²) in [6.07, 6.45) is 2.03. The molecule has 16 heavy (non-hydrogen) atoms. The van der Waals surface area contributed by atoms with Gasteiger partial charge in [0.2, 0.25) is 0 Å². The number of rotatable bonds is 1. The number of halogens is 2. The zero-order chi connectivity index (χ0) is 11.0. The molecule has 0 unspecified atom stereocenters. The first-order chi connectivity index (χ1) is 6.65. The Morgan fingerprint density at radius 1 is 1.38 bits per heavy atom. The van der Waals surface area contributed by atoms with Crippen LogP contribution in [-0.2, 0) is 0 Å². The normalized spacial score (nSPS) is 15.1. The highest BCUT2D eigenvalue weighted by Gasteiger charge is 2.20. The lowest BCUT2D eigenvalue weighted by atomic mass is 10.1. The van der Waals surface area contributed by atoms with E-state index in [-0.39, 0.29) is 30.9 Å². The van der Waals surface area contributed by atoms with E-state index in [1.165, 1.54) is 11.3 Å². The molecule has 1 amide bonds. The summed E-state index contributed by atoms with van der Waals surface area (Å²) in [7, 11) is 0. The molecule has 0 aromatic carbocycles. The van der Waals surface area contributed by atoms with E-state index in [4.69, 9.17) is 10.9 Å². The number of piperidine rings is 1. The van der Waals surface area contributed by atoms with E-state index < -0.39 is 6.09 Å². The van der Waals surface area contributed by atoms with Crippen molar-refractivity contribution in [3.8, 4) is 0 Å². The molecule has 1 saturated heterocycles. The molecule has 0 saturated carbocycles. The second-order valence-corrected chi connectivity index (χ2v) is 3.42. The smallest absolute Gasteiger partial charge is 0.407 e. The Morgan fingerprint density at radius 2 is 1.75 bits per heavy atom. The lowest BCUT2D eigenvalue weighted by Crippen LogP contribution is -2.46. The highest BCUT2D eigenvalue weighted by molar-refractivity contribution is 5.85. The van der Waals surface area contributed by atoms with Crippen molar-refractivity contribution in [1.29, 1.82) is 0 Å². The molecule has 1 aliphatic heterocycles. The molecule has 1 aliphatic rings. The number of hydrazine groups is 1. The van der Waals surface area contributed by atoms with Gasteiger partial charge in [0.05, 0.1) is 0 Å². The number of nitrogens with zero attached hydrogens (tertiary/aromatic N) is 1. The molecule has 0 aliphatic carbocycles. The van der Waals surface area contributed by atoms with Crippen LogP contribution in [0, 0.1) is 0 Å². The Hall–Kier alpha value is -0.230. The van der Waals surface area contributed by atoms with E-state index >= 15 is 0 Å². The standard InChI is InChI=1S/C6H13N3O2.C3H8.2ClH/c7-8-5-1-3-9(4-2-5)6(10)11;1-3-2;;/h5,8H,1-4,7H2,(H,10,11);3H2,1-2H3;2*1H. The van der Waals surface area contributed by atoms with Crippen LogP contribution in [0.1, 0.15) is 33.1 Å². The summed E-state index contributed by atoms with van der Waals surface area (Å²) >= 11 is 0.